The quantitative estimate of drug-likeness (QED) is 0.163. The molecule has 1 atom stereocenters. The van der Waals surface area contributed by atoms with E-state index in [2.05, 4.69) is 19.9 Å². The van der Waals surface area contributed by atoms with Crippen LogP contribution in [0.3, 0.4) is 0 Å². The van der Waals surface area contributed by atoms with Gasteiger partial charge in [-0.05, 0) is 90.4 Å². The minimum Gasteiger partial charge on any atom is -0.491 e. The number of aromatic amines is 1. The minimum atomic E-state index is -2.35. The fourth-order valence-electron chi connectivity index (χ4n) is 7.56. The highest BCUT2D eigenvalue weighted by Crippen LogP contribution is 2.44. The fourth-order valence-corrected chi connectivity index (χ4v) is 7.56. The molecule has 9 nitrogen and oxygen atoms in total. The lowest BCUT2D eigenvalue weighted by Gasteiger charge is -2.39. The number of nitrogens with one attached hydrogen (secondary N) is 1. The van der Waals surface area contributed by atoms with E-state index >= 15 is 8.78 Å². The van der Waals surface area contributed by atoms with Crippen LogP contribution in [-0.2, 0) is 13.2 Å². The third-order valence-electron chi connectivity index (χ3n) is 10.3. The van der Waals surface area contributed by atoms with Crippen molar-refractivity contribution in [2.24, 2.45) is 0 Å². The number of hydrogen-bond donors (Lipinski definition) is 2. The molecule has 0 radical (unpaired) electrons. The fraction of sp³-hybridized carbons (Fsp3) is 0.359. The number of benzene rings is 2. The topological polar surface area (TPSA) is 97.8 Å². The van der Waals surface area contributed by atoms with Crippen molar-refractivity contribution in [3.05, 3.63) is 94.8 Å². The Hall–Kier alpha value is -4.85. The number of pyridine rings is 2. The Morgan fingerprint density at radius 3 is 2.60 bits per heavy atom. The van der Waals surface area contributed by atoms with Gasteiger partial charge in [0, 0.05) is 55.6 Å². The average Bonchev–Trinajstić information content (AvgIpc) is 3.91. The third-order valence-corrected chi connectivity index (χ3v) is 10.3. The van der Waals surface area contributed by atoms with Gasteiger partial charge in [0.1, 0.15) is 35.2 Å². The van der Waals surface area contributed by atoms with Crippen LogP contribution in [0.2, 0.25) is 0 Å². The summed E-state index contributed by atoms with van der Waals surface area (Å²) in [5.41, 5.74) is 4.81. The number of halogens is 4. The molecule has 2 N–H and O–H groups in total. The SMILES string of the molecule is C[C@@H]1CN(Cc2ccc(-c3cc4c(-c5cc(F)cc(N6CCOc7cc(C8CC8)cc(F)c7C6=O)c5CO)ccnc4[nH]3)nc2)CCN1CC(F)F. The molecular weight excluding hydrogens is 676 g/mol. The van der Waals surface area contributed by atoms with E-state index in [1.54, 1.807) is 24.5 Å². The van der Waals surface area contributed by atoms with Crippen LogP contribution in [-0.4, -0.2) is 87.6 Å². The van der Waals surface area contributed by atoms with Gasteiger partial charge in [-0.15, -0.1) is 0 Å². The van der Waals surface area contributed by atoms with Gasteiger partial charge < -0.3 is 19.7 Å². The van der Waals surface area contributed by atoms with Crippen LogP contribution in [0, 0.1) is 11.6 Å². The van der Waals surface area contributed by atoms with Crippen LogP contribution in [0.4, 0.5) is 23.2 Å². The molecule has 1 saturated heterocycles. The molecule has 3 aromatic heterocycles. The molecule has 2 aliphatic heterocycles. The van der Waals surface area contributed by atoms with E-state index in [1.807, 2.05) is 30.0 Å². The number of carbonyl (C=O) groups is 1. The number of piperazine rings is 1. The lowest BCUT2D eigenvalue weighted by molar-refractivity contribution is 0.0242. The largest absolute Gasteiger partial charge is 0.491 e. The molecule has 5 heterocycles. The van der Waals surface area contributed by atoms with E-state index in [0.717, 1.165) is 24.0 Å². The normalized spacial score (nSPS) is 18.6. The molecule has 270 valence electrons. The Balaban J connectivity index is 1.07. The zero-order chi connectivity index (χ0) is 36.1. The molecule has 1 aliphatic carbocycles. The standard InChI is InChI=1S/C39H38F4N6O3/c1-22-18-47(8-9-48(22)20-36(42)43)19-23-2-5-32(45-17-23)33-16-29-27(6-7-44-38(29)46-33)28-14-26(40)15-34(30(28)21-50)49-10-11-52-35-13-25(24-3-4-24)12-31(41)37(35)39(49)51/h2,5-7,12-17,22,24,36,50H,3-4,8-11,18-21H2,1H3,(H,44,46)/t22-/m1/s1. The summed E-state index contributed by atoms with van der Waals surface area (Å²) >= 11 is 0. The number of nitrogens with zero attached hydrogens (tertiary/aromatic N) is 5. The number of fused-ring (bicyclic) bond motifs is 2. The number of aromatic nitrogens is 3. The van der Waals surface area contributed by atoms with Gasteiger partial charge in [0.2, 0.25) is 0 Å². The Kier molecular flexibility index (Phi) is 9.18. The molecule has 0 bridgehead atoms. The van der Waals surface area contributed by atoms with Gasteiger partial charge in [0.15, 0.2) is 0 Å². The number of amides is 1. The Labute approximate surface area is 297 Å². The van der Waals surface area contributed by atoms with Crippen LogP contribution in [0.1, 0.15) is 52.7 Å². The van der Waals surface area contributed by atoms with Crippen molar-refractivity contribution in [1.82, 2.24) is 24.8 Å². The average molecular weight is 715 g/mol. The summed E-state index contributed by atoms with van der Waals surface area (Å²) in [5.74, 6) is -1.55. The highest BCUT2D eigenvalue weighted by Gasteiger charge is 2.33. The first-order valence-corrected chi connectivity index (χ1v) is 17.6. The molecule has 2 fully saturated rings. The van der Waals surface area contributed by atoms with E-state index in [1.165, 1.54) is 23.1 Å². The monoisotopic (exact) mass is 714 g/mol. The molecule has 5 aromatic rings. The molecule has 2 aromatic carbocycles. The van der Waals surface area contributed by atoms with Crippen LogP contribution in [0.15, 0.2) is 60.9 Å². The van der Waals surface area contributed by atoms with Crippen molar-refractivity contribution in [2.75, 3.05) is 44.2 Å². The maximum atomic E-state index is 15.5. The maximum Gasteiger partial charge on any atom is 0.265 e. The molecular formula is C39H38F4N6O3. The second kappa shape index (κ2) is 13.9. The van der Waals surface area contributed by atoms with Gasteiger partial charge >= 0.3 is 0 Å². The number of aliphatic hydroxyl groups is 1. The van der Waals surface area contributed by atoms with E-state index in [0.29, 0.717) is 65.3 Å². The molecule has 0 unspecified atom stereocenters. The number of rotatable bonds is 9. The summed E-state index contributed by atoms with van der Waals surface area (Å²) in [6, 6.07) is 13.1. The second-order valence-electron chi connectivity index (χ2n) is 13.9. The predicted molar refractivity (Wildman–Crippen MR) is 189 cm³/mol. The first-order chi connectivity index (χ1) is 25.2. The molecule has 52 heavy (non-hydrogen) atoms. The smallest absolute Gasteiger partial charge is 0.265 e. The van der Waals surface area contributed by atoms with E-state index in [9.17, 15) is 18.7 Å². The summed E-state index contributed by atoms with van der Waals surface area (Å²) in [6.07, 6.45) is 2.96. The van der Waals surface area contributed by atoms with Crippen molar-refractivity contribution >= 4 is 22.6 Å². The number of H-pyrrole nitrogens is 1. The number of ether oxygens (including phenoxy) is 1. The minimum absolute atomic E-state index is 0.0251. The maximum absolute atomic E-state index is 15.5. The van der Waals surface area contributed by atoms with Crippen molar-refractivity contribution in [1.29, 1.82) is 0 Å². The molecule has 1 saturated carbocycles. The molecule has 8 rings (SSSR count). The highest BCUT2D eigenvalue weighted by atomic mass is 19.3. The van der Waals surface area contributed by atoms with Crippen molar-refractivity contribution in [3.8, 4) is 28.3 Å². The van der Waals surface area contributed by atoms with E-state index < -0.39 is 30.6 Å². The number of anilines is 1. The molecule has 1 amide bonds. The van der Waals surface area contributed by atoms with Gasteiger partial charge in [0.05, 0.1) is 36.8 Å². The van der Waals surface area contributed by atoms with Gasteiger partial charge in [-0.2, -0.15) is 0 Å². The van der Waals surface area contributed by atoms with Crippen LogP contribution in [0.5, 0.6) is 5.75 Å². The van der Waals surface area contributed by atoms with Gasteiger partial charge in [-0.3, -0.25) is 19.6 Å². The van der Waals surface area contributed by atoms with Crippen LogP contribution in [0.25, 0.3) is 33.5 Å². The Morgan fingerprint density at radius 1 is 1.02 bits per heavy atom. The highest BCUT2D eigenvalue weighted by molar-refractivity contribution is 6.09. The van der Waals surface area contributed by atoms with Crippen molar-refractivity contribution in [3.63, 3.8) is 0 Å². The zero-order valence-corrected chi connectivity index (χ0v) is 28.6. The number of carbonyl (C=O) groups excluding carboxylic acids is 1. The van der Waals surface area contributed by atoms with Crippen molar-refractivity contribution < 1.29 is 32.2 Å². The van der Waals surface area contributed by atoms with Crippen LogP contribution < -0.4 is 9.64 Å². The van der Waals surface area contributed by atoms with Crippen LogP contribution >= 0.6 is 0 Å². The predicted octanol–water partition coefficient (Wildman–Crippen LogP) is 6.75. The number of alkyl halides is 2. The zero-order valence-electron chi connectivity index (χ0n) is 28.6. The summed E-state index contributed by atoms with van der Waals surface area (Å²) < 4.78 is 62.6. The first kappa shape index (κ1) is 34.2. The van der Waals surface area contributed by atoms with Crippen molar-refractivity contribution in [2.45, 2.75) is 51.3 Å². The van der Waals surface area contributed by atoms with Gasteiger partial charge in [-0.1, -0.05) is 6.07 Å². The number of aliphatic hydroxyl groups excluding tert-OH is 1. The lowest BCUT2D eigenvalue weighted by Crippen LogP contribution is -2.52. The van der Waals surface area contributed by atoms with Gasteiger partial charge in [0.25, 0.3) is 12.3 Å². The third kappa shape index (κ3) is 6.64. The molecule has 3 aliphatic rings. The van der Waals surface area contributed by atoms with E-state index in [4.69, 9.17) is 4.74 Å². The second-order valence-corrected chi connectivity index (χ2v) is 13.9. The van der Waals surface area contributed by atoms with Gasteiger partial charge in [-0.25, -0.2) is 22.5 Å². The molecule has 0 spiro atoms. The summed E-state index contributed by atoms with van der Waals surface area (Å²) in [6.45, 7) is 3.94. The lowest BCUT2D eigenvalue weighted by atomic mass is 9.95. The summed E-state index contributed by atoms with van der Waals surface area (Å²) in [7, 11) is 0. The summed E-state index contributed by atoms with van der Waals surface area (Å²) in [4.78, 5) is 31.7. The van der Waals surface area contributed by atoms with E-state index in [-0.39, 0.29) is 48.7 Å². The number of hydrogen-bond acceptors (Lipinski definition) is 7. The summed E-state index contributed by atoms with van der Waals surface area (Å²) in [5, 5.41) is 11.4. The Morgan fingerprint density at radius 2 is 1.87 bits per heavy atom. The Bertz CT molecular complexity index is 2140. The first-order valence-electron chi connectivity index (χ1n) is 17.6. The molecule has 13 heteroatoms.